The summed E-state index contributed by atoms with van der Waals surface area (Å²) in [5, 5.41) is 0. The average molecular weight is 321 g/mol. The molecule has 3 unspecified atom stereocenters. The van der Waals surface area contributed by atoms with Crippen LogP contribution >= 0.6 is 0 Å². The molecule has 4 nitrogen and oxygen atoms in total. The van der Waals surface area contributed by atoms with Crippen LogP contribution < -0.4 is 10.9 Å². The van der Waals surface area contributed by atoms with E-state index in [1.807, 2.05) is 4.90 Å². The first-order valence-corrected chi connectivity index (χ1v) is 7.95. The minimum Gasteiger partial charge on any atom is -0.342 e. The second-order valence-corrected chi connectivity index (χ2v) is 6.17. The molecule has 3 rings (SSSR count). The van der Waals surface area contributed by atoms with Crippen LogP contribution in [0, 0.1) is 17.6 Å². The highest BCUT2D eigenvalue weighted by Gasteiger charge is 2.41. The van der Waals surface area contributed by atoms with Crippen LogP contribution in [-0.4, -0.2) is 29.9 Å². The van der Waals surface area contributed by atoms with Crippen LogP contribution in [0.25, 0.3) is 0 Å². The zero-order valence-electron chi connectivity index (χ0n) is 12.9. The molecular weight excluding hydrogens is 300 g/mol. The zero-order chi connectivity index (χ0) is 16.4. The van der Waals surface area contributed by atoms with E-state index in [0.29, 0.717) is 24.9 Å². The SMILES string of the molecule is C=CCCC(=O)N1CCC2NNC(c3ccc(F)c(F)c3)C2C1. The molecule has 2 aliphatic rings. The predicted octanol–water partition coefficient (Wildman–Crippen LogP) is 2.30. The van der Waals surface area contributed by atoms with Crippen molar-refractivity contribution < 1.29 is 13.6 Å². The molecule has 2 saturated heterocycles. The maximum Gasteiger partial charge on any atom is 0.222 e. The van der Waals surface area contributed by atoms with Crippen LogP contribution in [0.3, 0.4) is 0 Å². The number of carbonyl (C=O) groups excluding carboxylic acids is 1. The summed E-state index contributed by atoms with van der Waals surface area (Å²) in [6.45, 7) is 4.98. The Kier molecular flexibility index (Phi) is 4.73. The van der Waals surface area contributed by atoms with Crippen molar-refractivity contribution >= 4 is 5.91 Å². The summed E-state index contributed by atoms with van der Waals surface area (Å²) in [5.74, 6) is -1.43. The number of rotatable bonds is 4. The van der Waals surface area contributed by atoms with Crippen LogP contribution in [0.15, 0.2) is 30.9 Å². The Labute approximate surface area is 134 Å². The molecule has 1 aromatic rings. The Morgan fingerprint density at radius 3 is 2.91 bits per heavy atom. The Morgan fingerprint density at radius 1 is 1.35 bits per heavy atom. The van der Waals surface area contributed by atoms with Gasteiger partial charge in [-0.15, -0.1) is 6.58 Å². The number of benzene rings is 1. The van der Waals surface area contributed by atoms with E-state index < -0.39 is 11.6 Å². The molecule has 2 N–H and O–H groups in total. The standard InChI is InChI=1S/C17H21F2N3O/c1-2-3-4-16(23)22-8-7-15-12(10-22)17(21-20-15)11-5-6-13(18)14(19)9-11/h2,5-6,9,12,15,17,20-21H,1,3-4,7-8,10H2. The van der Waals surface area contributed by atoms with Crippen molar-refractivity contribution in [2.24, 2.45) is 5.92 Å². The topological polar surface area (TPSA) is 44.4 Å². The number of halogens is 2. The lowest BCUT2D eigenvalue weighted by Crippen LogP contribution is -2.47. The molecule has 6 heteroatoms. The molecule has 3 atom stereocenters. The number of nitrogens with zero attached hydrogens (tertiary/aromatic N) is 1. The summed E-state index contributed by atoms with van der Waals surface area (Å²) in [5.41, 5.74) is 7.09. The maximum atomic E-state index is 13.5. The lowest BCUT2D eigenvalue weighted by Gasteiger charge is -2.36. The fourth-order valence-electron chi connectivity index (χ4n) is 3.45. The minimum atomic E-state index is -0.846. The Morgan fingerprint density at radius 2 is 2.17 bits per heavy atom. The van der Waals surface area contributed by atoms with Gasteiger partial charge in [0.1, 0.15) is 0 Å². The Balaban J connectivity index is 1.73. The van der Waals surface area contributed by atoms with Crippen LogP contribution in [-0.2, 0) is 4.79 Å². The van der Waals surface area contributed by atoms with Crippen LogP contribution in [0.1, 0.15) is 30.9 Å². The minimum absolute atomic E-state index is 0.124. The molecule has 0 saturated carbocycles. The monoisotopic (exact) mass is 321 g/mol. The number of hydrogen-bond donors (Lipinski definition) is 2. The predicted molar refractivity (Wildman–Crippen MR) is 83.3 cm³/mol. The average Bonchev–Trinajstić information content (AvgIpc) is 2.98. The molecule has 23 heavy (non-hydrogen) atoms. The number of nitrogens with one attached hydrogen (secondary N) is 2. The second kappa shape index (κ2) is 6.76. The van der Waals surface area contributed by atoms with Crippen molar-refractivity contribution in [3.05, 3.63) is 48.1 Å². The van der Waals surface area contributed by atoms with E-state index in [2.05, 4.69) is 17.4 Å². The van der Waals surface area contributed by atoms with E-state index >= 15 is 0 Å². The molecule has 1 aromatic carbocycles. The van der Waals surface area contributed by atoms with Gasteiger partial charge in [-0.25, -0.2) is 14.2 Å². The lowest BCUT2D eigenvalue weighted by atomic mass is 9.85. The van der Waals surface area contributed by atoms with Crippen molar-refractivity contribution in [2.45, 2.75) is 31.3 Å². The first-order valence-electron chi connectivity index (χ1n) is 7.95. The van der Waals surface area contributed by atoms with E-state index in [1.165, 1.54) is 6.07 Å². The quantitative estimate of drug-likeness (QED) is 0.837. The van der Waals surface area contributed by atoms with Gasteiger partial charge in [0, 0.05) is 31.5 Å². The normalized spacial score (nSPS) is 26.9. The largest absolute Gasteiger partial charge is 0.342 e. The van der Waals surface area contributed by atoms with Crippen molar-refractivity contribution in [2.75, 3.05) is 13.1 Å². The van der Waals surface area contributed by atoms with Gasteiger partial charge in [0.25, 0.3) is 0 Å². The van der Waals surface area contributed by atoms with Gasteiger partial charge >= 0.3 is 0 Å². The van der Waals surface area contributed by atoms with Gasteiger partial charge in [-0.05, 0) is 30.5 Å². The highest BCUT2D eigenvalue weighted by Crippen LogP contribution is 2.34. The summed E-state index contributed by atoms with van der Waals surface area (Å²) in [7, 11) is 0. The number of hydrogen-bond acceptors (Lipinski definition) is 3. The van der Waals surface area contributed by atoms with E-state index in [-0.39, 0.29) is 23.9 Å². The second-order valence-electron chi connectivity index (χ2n) is 6.17. The smallest absolute Gasteiger partial charge is 0.222 e. The van der Waals surface area contributed by atoms with Gasteiger partial charge in [0.15, 0.2) is 11.6 Å². The van der Waals surface area contributed by atoms with Gasteiger partial charge in [-0.1, -0.05) is 12.1 Å². The number of hydrazine groups is 1. The molecule has 0 spiro atoms. The van der Waals surface area contributed by atoms with Crippen LogP contribution in [0.5, 0.6) is 0 Å². The number of amides is 1. The molecule has 2 heterocycles. The zero-order valence-corrected chi connectivity index (χ0v) is 12.9. The molecular formula is C17H21F2N3O. The molecule has 0 aromatic heterocycles. The fourth-order valence-corrected chi connectivity index (χ4v) is 3.45. The van der Waals surface area contributed by atoms with E-state index in [1.54, 1.807) is 12.1 Å². The van der Waals surface area contributed by atoms with Gasteiger partial charge < -0.3 is 4.90 Å². The number of piperidine rings is 1. The van der Waals surface area contributed by atoms with Crippen molar-refractivity contribution in [1.29, 1.82) is 0 Å². The van der Waals surface area contributed by atoms with Gasteiger partial charge in [-0.2, -0.15) is 0 Å². The molecule has 2 aliphatic heterocycles. The van der Waals surface area contributed by atoms with Gasteiger partial charge in [0.05, 0.1) is 6.04 Å². The Hall–Kier alpha value is -1.79. The highest BCUT2D eigenvalue weighted by molar-refractivity contribution is 5.76. The molecule has 124 valence electrons. The number of fused-ring (bicyclic) bond motifs is 1. The summed E-state index contributed by atoms with van der Waals surface area (Å²) >= 11 is 0. The molecule has 0 radical (unpaired) electrons. The molecule has 1 amide bonds. The molecule has 0 aliphatic carbocycles. The first kappa shape index (κ1) is 16.1. The van der Waals surface area contributed by atoms with Crippen molar-refractivity contribution in [1.82, 2.24) is 15.8 Å². The summed E-state index contributed by atoms with van der Waals surface area (Å²) in [6, 6.07) is 4.07. The number of carbonyl (C=O) groups is 1. The number of allylic oxidation sites excluding steroid dienone is 1. The first-order chi connectivity index (χ1) is 11.1. The summed E-state index contributed by atoms with van der Waals surface area (Å²) in [6.07, 6.45) is 3.73. The van der Waals surface area contributed by atoms with Crippen LogP contribution in [0.4, 0.5) is 8.78 Å². The lowest BCUT2D eigenvalue weighted by molar-refractivity contribution is -0.133. The van der Waals surface area contributed by atoms with Crippen LogP contribution in [0.2, 0.25) is 0 Å². The number of likely N-dealkylation sites (tertiary alicyclic amines) is 1. The van der Waals surface area contributed by atoms with E-state index in [4.69, 9.17) is 0 Å². The highest BCUT2D eigenvalue weighted by atomic mass is 19.2. The molecule has 2 fully saturated rings. The third-order valence-corrected chi connectivity index (χ3v) is 4.73. The third kappa shape index (κ3) is 3.28. The fraction of sp³-hybridized carbons (Fsp3) is 0.471. The van der Waals surface area contributed by atoms with Crippen molar-refractivity contribution in [3.63, 3.8) is 0 Å². The van der Waals surface area contributed by atoms with E-state index in [0.717, 1.165) is 19.0 Å². The molecule has 0 bridgehead atoms. The summed E-state index contributed by atoms with van der Waals surface area (Å²) in [4.78, 5) is 14.1. The van der Waals surface area contributed by atoms with Crippen molar-refractivity contribution in [3.8, 4) is 0 Å². The Bertz CT molecular complexity index is 608. The van der Waals surface area contributed by atoms with Gasteiger partial charge in [0.2, 0.25) is 5.91 Å². The van der Waals surface area contributed by atoms with Gasteiger partial charge in [-0.3, -0.25) is 10.2 Å². The third-order valence-electron chi connectivity index (χ3n) is 4.73. The summed E-state index contributed by atoms with van der Waals surface area (Å²) < 4.78 is 26.6. The maximum absolute atomic E-state index is 13.5. The van der Waals surface area contributed by atoms with E-state index in [9.17, 15) is 13.6 Å².